The van der Waals surface area contributed by atoms with E-state index in [0.717, 1.165) is 29.7 Å². The summed E-state index contributed by atoms with van der Waals surface area (Å²) in [4.78, 5) is 12.4. The Hall–Kier alpha value is -2.29. The van der Waals surface area contributed by atoms with Crippen LogP contribution in [0.15, 0.2) is 42.5 Å². The van der Waals surface area contributed by atoms with E-state index >= 15 is 0 Å². The maximum absolute atomic E-state index is 12.4. The molecule has 1 atom stereocenters. The van der Waals surface area contributed by atoms with Gasteiger partial charge in [-0.2, -0.15) is 0 Å². The molecule has 1 heterocycles. The summed E-state index contributed by atoms with van der Waals surface area (Å²) in [5.74, 6) is 0.00739. The largest absolute Gasteiger partial charge is 0.383 e. The van der Waals surface area contributed by atoms with Crippen molar-refractivity contribution in [2.24, 2.45) is 0 Å². The third-order valence-electron chi connectivity index (χ3n) is 3.84. The van der Waals surface area contributed by atoms with Gasteiger partial charge in [0.15, 0.2) is 0 Å². The van der Waals surface area contributed by atoms with Crippen molar-refractivity contribution < 1.29 is 4.79 Å². The number of nitrogens with one attached hydrogen (secondary N) is 2. The molecular weight excluding hydrogens is 260 g/mol. The van der Waals surface area contributed by atoms with Gasteiger partial charge < -0.3 is 10.6 Å². The van der Waals surface area contributed by atoms with Crippen LogP contribution in [0.25, 0.3) is 0 Å². The molecular formula is C18H20N2O. The summed E-state index contributed by atoms with van der Waals surface area (Å²) >= 11 is 0. The molecule has 0 saturated heterocycles. The van der Waals surface area contributed by atoms with Crippen LogP contribution < -0.4 is 10.6 Å². The minimum absolute atomic E-state index is 0.00739. The number of aryl methyl sites for hydroxylation is 2. The van der Waals surface area contributed by atoms with Gasteiger partial charge in [0.25, 0.3) is 5.91 Å². The van der Waals surface area contributed by atoms with Gasteiger partial charge in [0.1, 0.15) is 0 Å². The lowest BCUT2D eigenvalue weighted by Gasteiger charge is -2.27. The molecule has 1 amide bonds. The smallest absolute Gasteiger partial charge is 0.251 e. The summed E-state index contributed by atoms with van der Waals surface area (Å²) < 4.78 is 0. The first-order valence-corrected chi connectivity index (χ1v) is 7.33. The molecule has 1 aliphatic heterocycles. The van der Waals surface area contributed by atoms with Crippen LogP contribution in [0.5, 0.6) is 0 Å². The summed E-state index contributed by atoms with van der Waals surface area (Å²) in [7, 11) is 0. The van der Waals surface area contributed by atoms with Crippen LogP contribution in [0.2, 0.25) is 0 Å². The minimum atomic E-state index is 0.00739. The van der Waals surface area contributed by atoms with E-state index < -0.39 is 0 Å². The number of benzene rings is 2. The number of carbonyl (C=O) groups excluding carboxylic acids is 1. The van der Waals surface area contributed by atoms with E-state index in [4.69, 9.17) is 0 Å². The molecule has 3 heteroatoms. The standard InChI is InChI=1S/C18H20N2O/c1-12-7-13(2)9-15(8-12)18(21)20-16-10-14-5-3-4-6-17(14)19-11-16/h3-9,16,19H,10-11H2,1-2H3,(H,20,21). The number of para-hydroxylation sites is 1. The van der Waals surface area contributed by atoms with E-state index in [1.807, 2.05) is 38.1 Å². The second kappa shape index (κ2) is 5.60. The van der Waals surface area contributed by atoms with Gasteiger partial charge in [-0.25, -0.2) is 0 Å². The quantitative estimate of drug-likeness (QED) is 0.887. The first-order valence-electron chi connectivity index (χ1n) is 7.33. The van der Waals surface area contributed by atoms with Crippen LogP contribution in [0.1, 0.15) is 27.0 Å². The predicted molar refractivity (Wildman–Crippen MR) is 85.8 cm³/mol. The number of rotatable bonds is 2. The normalized spacial score (nSPS) is 16.8. The molecule has 21 heavy (non-hydrogen) atoms. The van der Waals surface area contributed by atoms with E-state index in [9.17, 15) is 4.79 Å². The number of amides is 1. The van der Waals surface area contributed by atoms with E-state index in [0.29, 0.717) is 0 Å². The zero-order valence-corrected chi connectivity index (χ0v) is 12.4. The number of anilines is 1. The molecule has 3 rings (SSSR count). The minimum Gasteiger partial charge on any atom is -0.383 e. The Morgan fingerprint density at radius 1 is 1.14 bits per heavy atom. The highest BCUT2D eigenvalue weighted by molar-refractivity contribution is 5.94. The molecule has 1 aliphatic rings. The highest BCUT2D eigenvalue weighted by Crippen LogP contribution is 2.21. The Kier molecular flexibility index (Phi) is 3.65. The molecule has 2 aromatic rings. The average molecular weight is 280 g/mol. The van der Waals surface area contributed by atoms with Gasteiger partial charge in [0, 0.05) is 17.8 Å². The van der Waals surface area contributed by atoms with Gasteiger partial charge in [-0.3, -0.25) is 4.79 Å². The number of carbonyl (C=O) groups is 1. The zero-order valence-electron chi connectivity index (χ0n) is 12.4. The molecule has 0 bridgehead atoms. The molecule has 108 valence electrons. The van der Waals surface area contributed by atoms with Gasteiger partial charge in [0.05, 0.1) is 6.04 Å². The van der Waals surface area contributed by atoms with Crippen molar-refractivity contribution >= 4 is 11.6 Å². The fraction of sp³-hybridized carbons (Fsp3) is 0.278. The molecule has 0 saturated carbocycles. The molecule has 2 aromatic carbocycles. The molecule has 3 nitrogen and oxygen atoms in total. The van der Waals surface area contributed by atoms with Crippen LogP contribution in [0.4, 0.5) is 5.69 Å². The van der Waals surface area contributed by atoms with Crippen LogP contribution >= 0.6 is 0 Å². The van der Waals surface area contributed by atoms with Crippen LogP contribution in [-0.2, 0) is 6.42 Å². The van der Waals surface area contributed by atoms with Gasteiger partial charge in [-0.05, 0) is 44.0 Å². The SMILES string of the molecule is Cc1cc(C)cc(C(=O)NC2CNc3ccccc3C2)c1. The second-order valence-corrected chi connectivity index (χ2v) is 5.79. The summed E-state index contributed by atoms with van der Waals surface area (Å²) in [5.41, 5.74) is 5.41. The lowest BCUT2D eigenvalue weighted by molar-refractivity contribution is 0.0938. The van der Waals surface area contributed by atoms with E-state index in [1.165, 1.54) is 11.3 Å². The summed E-state index contributed by atoms with van der Waals surface area (Å²) in [6.45, 7) is 4.80. The Morgan fingerprint density at radius 2 is 1.86 bits per heavy atom. The summed E-state index contributed by atoms with van der Waals surface area (Å²) in [5, 5.41) is 6.51. The maximum Gasteiger partial charge on any atom is 0.251 e. The third-order valence-corrected chi connectivity index (χ3v) is 3.84. The van der Waals surface area contributed by atoms with E-state index in [2.05, 4.69) is 28.8 Å². The van der Waals surface area contributed by atoms with Gasteiger partial charge in [0.2, 0.25) is 0 Å². The molecule has 0 radical (unpaired) electrons. The van der Waals surface area contributed by atoms with Crippen molar-refractivity contribution in [3.63, 3.8) is 0 Å². The second-order valence-electron chi connectivity index (χ2n) is 5.79. The van der Waals surface area contributed by atoms with Gasteiger partial charge in [-0.15, -0.1) is 0 Å². The van der Waals surface area contributed by atoms with E-state index in [-0.39, 0.29) is 11.9 Å². The first-order chi connectivity index (χ1) is 10.1. The fourth-order valence-corrected chi connectivity index (χ4v) is 2.92. The Bertz CT molecular complexity index is 658. The molecule has 0 aromatic heterocycles. The highest BCUT2D eigenvalue weighted by Gasteiger charge is 2.20. The number of fused-ring (bicyclic) bond motifs is 1. The first kappa shape index (κ1) is 13.7. The van der Waals surface area contributed by atoms with Crippen molar-refractivity contribution in [3.8, 4) is 0 Å². The lowest BCUT2D eigenvalue weighted by atomic mass is 9.99. The van der Waals surface area contributed by atoms with Crippen molar-refractivity contribution in [2.75, 3.05) is 11.9 Å². The monoisotopic (exact) mass is 280 g/mol. The van der Waals surface area contributed by atoms with Crippen LogP contribution in [0.3, 0.4) is 0 Å². The van der Waals surface area contributed by atoms with E-state index in [1.54, 1.807) is 0 Å². The third kappa shape index (κ3) is 3.07. The Balaban J connectivity index is 1.71. The number of hydrogen-bond acceptors (Lipinski definition) is 2. The Labute approximate surface area is 125 Å². The molecule has 0 spiro atoms. The predicted octanol–water partition coefficient (Wildman–Crippen LogP) is 3.07. The average Bonchev–Trinajstić information content (AvgIpc) is 2.46. The van der Waals surface area contributed by atoms with Crippen molar-refractivity contribution in [1.82, 2.24) is 5.32 Å². The molecule has 0 fully saturated rings. The van der Waals surface area contributed by atoms with Gasteiger partial charge in [-0.1, -0.05) is 35.4 Å². The molecule has 2 N–H and O–H groups in total. The van der Waals surface area contributed by atoms with Crippen molar-refractivity contribution in [1.29, 1.82) is 0 Å². The number of hydrogen-bond donors (Lipinski definition) is 2. The summed E-state index contributed by atoms with van der Waals surface area (Å²) in [6, 6.07) is 14.3. The molecule has 1 unspecified atom stereocenters. The van der Waals surface area contributed by atoms with Gasteiger partial charge >= 0.3 is 0 Å². The zero-order chi connectivity index (χ0) is 14.8. The fourth-order valence-electron chi connectivity index (χ4n) is 2.92. The summed E-state index contributed by atoms with van der Waals surface area (Å²) in [6.07, 6.45) is 0.875. The topological polar surface area (TPSA) is 41.1 Å². The van der Waals surface area contributed by atoms with Crippen molar-refractivity contribution in [3.05, 3.63) is 64.7 Å². The van der Waals surface area contributed by atoms with Crippen molar-refractivity contribution in [2.45, 2.75) is 26.3 Å². The maximum atomic E-state index is 12.4. The van der Waals surface area contributed by atoms with Crippen LogP contribution in [0, 0.1) is 13.8 Å². The lowest BCUT2D eigenvalue weighted by Crippen LogP contribution is -2.43. The molecule has 0 aliphatic carbocycles. The highest BCUT2D eigenvalue weighted by atomic mass is 16.1. The Morgan fingerprint density at radius 3 is 2.62 bits per heavy atom. The van der Waals surface area contributed by atoms with Crippen LogP contribution in [-0.4, -0.2) is 18.5 Å².